The first-order valence-electron chi connectivity index (χ1n) is 7.40. The molecule has 0 bridgehead atoms. The van der Waals surface area contributed by atoms with Crippen molar-refractivity contribution in [1.29, 1.82) is 0 Å². The van der Waals surface area contributed by atoms with Crippen LogP contribution in [-0.2, 0) is 4.79 Å². The lowest BCUT2D eigenvalue weighted by Crippen LogP contribution is -2.12. The molecule has 2 N–H and O–H groups in total. The van der Waals surface area contributed by atoms with E-state index >= 15 is 0 Å². The highest BCUT2D eigenvalue weighted by Crippen LogP contribution is 2.15. The van der Waals surface area contributed by atoms with E-state index in [0.717, 1.165) is 17.8 Å². The summed E-state index contributed by atoms with van der Waals surface area (Å²) in [6.07, 6.45) is 2.10. The van der Waals surface area contributed by atoms with Crippen LogP contribution >= 0.6 is 0 Å². The van der Waals surface area contributed by atoms with Gasteiger partial charge >= 0.3 is 0 Å². The maximum Gasteiger partial charge on any atom is 0.247 e. The second-order valence-electron chi connectivity index (χ2n) is 4.15. The zero-order chi connectivity index (χ0) is 17.0. The summed E-state index contributed by atoms with van der Waals surface area (Å²) in [5.41, 5.74) is 2.49. The van der Waals surface area contributed by atoms with Crippen LogP contribution in [0.1, 0.15) is 34.1 Å². The predicted octanol–water partition coefficient (Wildman–Crippen LogP) is 4.11. The van der Waals surface area contributed by atoms with Gasteiger partial charge in [0.15, 0.2) is 0 Å². The Balaban J connectivity index is 0.00000211. The van der Waals surface area contributed by atoms with Crippen LogP contribution < -0.4 is 10.6 Å². The molecule has 0 aliphatic rings. The van der Waals surface area contributed by atoms with E-state index in [0.29, 0.717) is 11.6 Å². The number of nitrogens with zero attached hydrogens (tertiary/aromatic N) is 2. The molecule has 0 aliphatic carbocycles. The van der Waals surface area contributed by atoms with E-state index in [2.05, 4.69) is 27.2 Å². The molecule has 0 unspecified atom stereocenters. The Morgan fingerprint density at radius 1 is 1.27 bits per heavy atom. The fraction of sp³-hybridized carbons (Fsp3) is 0.353. The Kier molecular flexibility index (Phi) is 10.0. The van der Waals surface area contributed by atoms with Gasteiger partial charge in [-0.05, 0) is 37.6 Å². The predicted molar refractivity (Wildman–Crippen MR) is 97.0 cm³/mol. The van der Waals surface area contributed by atoms with Crippen LogP contribution in [-0.4, -0.2) is 24.6 Å². The monoisotopic (exact) mass is 302 g/mol. The molecule has 0 saturated carbocycles. The van der Waals surface area contributed by atoms with Crippen molar-refractivity contribution in [3.63, 3.8) is 0 Å². The lowest BCUT2D eigenvalue weighted by atomic mass is 10.2. The van der Waals surface area contributed by atoms with Gasteiger partial charge in [0, 0.05) is 24.1 Å². The minimum atomic E-state index is -0.244. The summed E-state index contributed by atoms with van der Waals surface area (Å²) in [6, 6.07) is 7.33. The number of aliphatic imine (C=N–C) groups is 2. The van der Waals surface area contributed by atoms with Crippen molar-refractivity contribution >= 4 is 29.0 Å². The first-order chi connectivity index (χ1) is 10.6. The molecule has 0 atom stereocenters. The highest BCUT2D eigenvalue weighted by Gasteiger charge is 2.01. The zero-order valence-corrected chi connectivity index (χ0v) is 14.1. The first kappa shape index (κ1) is 19.6. The van der Waals surface area contributed by atoms with E-state index in [-0.39, 0.29) is 5.91 Å². The lowest BCUT2D eigenvalue weighted by molar-refractivity contribution is -0.111. The highest BCUT2D eigenvalue weighted by molar-refractivity contribution is 6.03. The number of carbonyl (C=O) groups is 1. The first-order valence-corrected chi connectivity index (χ1v) is 7.40. The third kappa shape index (κ3) is 7.38. The van der Waals surface area contributed by atoms with Crippen molar-refractivity contribution in [3.8, 4) is 0 Å². The Morgan fingerprint density at radius 3 is 2.36 bits per heavy atom. The van der Waals surface area contributed by atoms with Crippen molar-refractivity contribution < 1.29 is 4.79 Å². The molecule has 0 saturated heterocycles. The molecule has 0 fully saturated rings. The maximum atomic E-state index is 11.3. The Morgan fingerprint density at radius 2 is 1.86 bits per heavy atom. The molecule has 1 aromatic rings. The fourth-order valence-electron chi connectivity index (χ4n) is 1.39. The van der Waals surface area contributed by atoms with Crippen molar-refractivity contribution in [2.45, 2.75) is 34.1 Å². The summed E-state index contributed by atoms with van der Waals surface area (Å²) >= 11 is 0. The van der Waals surface area contributed by atoms with Gasteiger partial charge in [-0.15, -0.1) is 0 Å². The summed E-state index contributed by atoms with van der Waals surface area (Å²) < 4.78 is 0. The molecule has 120 valence electrons. The normalized spacial score (nSPS) is 11.1. The Hall–Kier alpha value is -2.43. The van der Waals surface area contributed by atoms with E-state index < -0.39 is 0 Å². The number of nitrogens with one attached hydrogen (secondary N) is 2. The van der Waals surface area contributed by atoms with E-state index in [4.69, 9.17) is 0 Å². The molecule has 0 aliphatic heterocycles. The smallest absolute Gasteiger partial charge is 0.247 e. The molecular formula is C17H26N4O. The van der Waals surface area contributed by atoms with E-state index in [1.54, 1.807) is 13.1 Å². The SMILES string of the molecule is C=CC(=O)Nc1cccc(NC(=NC)/N=C(/C)CC)c1.CC. The average molecular weight is 302 g/mol. The van der Waals surface area contributed by atoms with Crippen LogP contribution in [0.5, 0.6) is 0 Å². The average Bonchev–Trinajstić information content (AvgIpc) is 2.56. The lowest BCUT2D eigenvalue weighted by Gasteiger charge is -2.08. The van der Waals surface area contributed by atoms with Gasteiger partial charge in [-0.25, -0.2) is 4.99 Å². The number of carbonyl (C=O) groups excluding carboxylic acids is 1. The number of hydrogen-bond acceptors (Lipinski definition) is 2. The summed E-state index contributed by atoms with van der Waals surface area (Å²) in [5.74, 6) is 0.294. The molecule has 5 nitrogen and oxygen atoms in total. The molecule has 0 heterocycles. The van der Waals surface area contributed by atoms with Crippen LogP contribution in [0.25, 0.3) is 0 Å². The van der Waals surface area contributed by atoms with Crippen molar-refractivity contribution in [3.05, 3.63) is 36.9 Å². The van der Waals surface area contributed by atoms with Gasteiger partial charge in [-0.3, -0.25) is 9.79 Å². The summed E-state index contributed by atoms with van der Waals surface area (Å²) in [6.45, 7) is 11.4. The second-order valence-corrected chi connectivity index (χ2v) is 4.15. The largest absolute Gasteiger partial charge is 0.324 e. The molecule has 1 rings (SSSR count). The minimum absolute atomic E-state index is 0.244. The van der Waals surface area contributed by atoms with Gasteiger partial charge in [0.25, 0.3) is 0 Å². The van der Waals surface area contributed by atoms with Gasteiger partial charge in [-0.2, -0.15) is 0 Å². The van der Waals surface area contributed by atoms with Crippen LogP contribution in [0.15, 0.2) is 46.9 Å². The topological polar surface area (TPSA) is 65.8 Å². The van der Waals surface area contributed by atoms with Crippen molar-refractivity contribution in [1.82, 2.24) is 0 Å². The fourth-order valence-corrected chi connectivity index (χ4v) is 1.39. The number of guanidine groups is 1. The van der Waals surface area contributed by atoms with Crippen LogP contribution in [0, 0.1) is 0 Å². The molecule has 1 aromatic carbocycles. The van der Waals surface area contributed by atoms with Crippen LogP contribution in [0.4, 0.5) is 11.4 Å². The van der Waals surface area contributed by atoms with Crippen LogP contribution in [0.3, 0.4) is 0 Å². The number of anilines is 2. The molecular weight excluding hydrogens is 276 g/mol. The summed E-state index contributed by atoms with van der Waals surface area (Å²) in [7, 11) is 1.68. The number of amides is 1. The standard InChI is InChI=1S/C15H20N4O.C2H6/c1-5-11(3)17-15(16-4)19-13-9-7-8-12(10-13)18-14(20)6-2;1-2/h6-10H,2,5H2,1,3-4H3,(H,16,19)(H,18,20);1-2H3/b17-11-;. The van der Waals surface area contributed by atoms with Gasteiger partial charge in [0.1, 0.15) is 0 Å². The molecule has 22 heavy (non-hydrogen) atoms. The maximum absolute atomic E-state index is 11.3. The van der Waals surface area contributed by atoms with Gasteiger partial charge < -0.3 is 10.6 Å². The second kappa shape index (κ2) is 11.3. The van der Waals surface area contributed by atoms with E-state index in [1.807, 2.05) is 45.9 Å². The third-order valence-corrected chi connectivity index (χ3v) is 2.59. The Labute approximate surface area is 133 Å². The summed E-state index contributed by atoms with van der Waals surface area (Å²) in [4.78, 5) is 19.7. The van der Waals surface area contributed by atoms with Crippen molar-refractivity contribution in [2.24, 2.45) is 9.98 Å². The zero-order valence-electron chi connectivity index (χ0n) is 14.1. The van der Waals surface area contributed by atoms with Gasteiger partial charge in [0.05, 0.1) is 0 Å². The minimum Gasteiger partial charge on any atom is -0.324 e. The molecule has 5 heteroatoms. The molecule has 1 amide bonds. The quantitative estimate of drug-likeness (QED) is 0.499. The highest BCUT2D eigenvalue weighted by atomic mass is 16.1. The van der Waals surface area contributed by atoms with Gasteiger partial charge in [0.2, 0.25) is 11.9 Å². The van der Waals surface area contributed by atoms with Crippen molar-refractivity contribution in [2.75, 3.05) is 17.7 Å². The van der Waals surface area contributed by atoms with E-state index in [9.17, 15) is 4.79 Å². The molecule has 0 spiro atoms. The number of rotatable bonds is 4. The van der Waals surface area contributed by atoms with Crippen LogP contribution in [0.2, 0.25) is 0 Å². The molecule has 0 radical (unpaired) electrons. The van der Waals surface area contributed by atoms with E-state index in [1.165, 1.54) is 6.08 Å². The number of hydrogen-bond donors (Lipinski definition) is 2. The third-order valence-electron chi connectivity index (χ3n) is 2.59. The van der Waals surface area contributed by atoms with Gasteiger partial charge in [-0.1, -0.05) is 33.4 Å². The Bertz CT molecular complexity index is 547. The molecule has 0 aromatic heterocycles. The summed E-state index contributed by atoms with van der Waals surface area (Å²) in [5, 5.41) is 5.81. The number of benzene rings is 1.